The highest BCUT2D eigenvalue weighted by Gasteiger charge is 2.16. The highest BCUT2D eigenvalue weighted by atomic mass is 16.6. The van der Waals surface area contributed by atoms with Crippen molar-refractivity contribution in [1.82, 2.24) is 10.1 Å². The quantitative estimate of drug-likeness (QED) is 0.399. The van der Waals surface area contributed by atoms with E-state index in [0.29, 0.717) is 5.89 Å². The van der Waals surface area contributed by atoms with Crippen LogP contribution in [0.2, 0.25) is 0 Å². The Hall–Kier alpha value is -3.17. The molecule has 0 unspecified atom stereocenters. The molecule has 0 saturated heterocycles. The largest absolute Gasteiger partial charge is 0.490 e. The van der Waals surface area contributed by atoms with E-state index in [-0.39, 0.29) is 42.1 Å². The number of carbonyl (C=O) groups is 1. The van der Waals surface area contributed by atoms with Gasteiger partial charge in [0.15, 0.2) is 13.2 Å². The van der Waals surface area contributed by atoms with Gasteiger partial charge in [0.2, 0.25) is 17.5 Å². The Morgan fingerprint density at radius 2 is 2.16 bits per heavy atom. The Morgan fingerprint density at radius 1 is 1.40 bits per heavy atom. The van der Waals surface area contributed by atoms with E-state index in [1.165, 1.54) is 25.3 Å². The minimum Gasteiger partial charge on any atom is -0.490 e. The number of methoxy groups -OCH3 is 1. The molecule has 0 N–H and O–H groups in total. The van der Waals surface area contributed by atoms with Crippen molar-refractivity contribution in [2.45, 2.75) is 26.4 Å². The van der Waals surface area contributed by atoms with Crippen molar-refractivity contribution in [3.63, 3.8) is 0 Å². The maximum Gasteiger partial charge on any atom is 0.344 e. The Bertz CT molecular complexity index is 757. The van der Waals surface area contributed by atoms with Gasteiger partial charge in [-0.25, -0.2) is 4.79 Å². The molecule has 10 heteroatoms. The molecule has 10 nitrogen and oxygen atoms in total. The lowest BCUT2D eigenvalue weighted by molar-refractivity contribution is -0.385. The topological polar surface area (TPSA) is 127 Å². The molecule has 2 aromatic rings. The van der Waals surface area contributed by atoms with Crippen molar-refractivity contribution in [1.29, 1.82) is 0 Å². The number of ether oxygens (including phenoxy) is 3. The second-order valence-electron chi connectivity index (χ2n) is 5.24. The Labute approximate surface area is 142 Å². The molecule has 0 saturated carbocycles. The molecule has 0 bridgehead atoms. The second kappa shape index (κ2) is 8.08. The molecule has 1 heterocycles. The van der Waals surface area contributed by atoms with Crippen LogP contribution < -0.4 is 9.47 Å². The molecule has 0 fully saturated rings. The first-order valence-electron chi connectivity index (χ1n) is 7.34. The molecule has 1 aromatic carbocycles. The number of benzene rings is 1. The summed E-state index contributed by atoms with van der Waals surface area (Å²) in [4.78, 5) is 26.0. The van der Waals surface area contributed by atoms with Crippen LogP contribution in [0, 0.1) is 10.1 Å². The number of nitrogens with zero attached hydrogens (tertiary/aromatic N) is 3. The van der Waals surface area contributed by atoms with Gasteiger partial charge < -0.3 is 18.7 Å². The standard InChI is InChI=1S/C15H17N3O7/c1-9(2)15-16-13(17-25-15)7-24-14(19)8-23-10-4-5-11(18(20)21)12(6-10)22-3/h4-6,9H,7-8H2,1-3H3. The highest BCUT2D eigenvalue weighted by molar-refractivity contribution is 5.71. The summed E-state index contributed by atoms with van der Waals surface area (Å²) in [5.74, 6) is 0.421. The fourth-order valence-corrected chi connectivity index (χ4v) is 1.79. The zero-order valence-corrected chi connectivity index (χ0v) is 13.9. The molecule has 0 aliphatic rings. The minimum absolute atomic E-state index is 0.0314. The van der Waals surface area contributed by atoms with E-state index in [2.05, 4.69) is 10.1 Å². The Morgan fingerprint density at radius 3 is 2.76 bits per heavy atom. The molecule has 2 rings (SSSR count). The second-order valence-corrected chi connectivity index (χ2v) is 5.24. The summed E-state index contributed by atoms with van der Waals surface area (Å²) in [6.45, 7) is 3.28. The van der Waals surface area contributed by atoms with Crippen LogP contribution in [-0.4, -0.2) is 34.7 Å². The van der Waals surface area contributed by atoms with Crippen LogP contribution in [0.4, 0.5) is 5.69 Å². The normalized spacial score (nSPS) is 10.6. The third-order valence-electron chi connectivity index (χ3n) is 3.04. The summed E-state index contributed by atoms with van der Waals surface area (Å²) in [7, 11) is 1.30. The van der Waals surface area contributed by atoms with Crippen molar-refractivity contribution in [2.75, 3.05) is 13.7 Å². The predicted molar refractivity (Wildman–Crippen MR) is 83.3 cm³/mol. The van der Waals surface area contributed by atoms with Crippen LogP contribution in [-0.2, 0) is 16.1 Å². The van der Waals surface area contributed by atoms with Crippen LogP contribution in [0.3, 0.4) is 0 Å². The number of hydrogen-bond acceptors (Lipinski definition) is 9. The van der Waals surface area contributed by atoms with Crippen LogP contribution in [0.1, 0.15) is 31.5 Å². The van der Waals surface area contributed by atoms with Crippen molar-refractivity contribution in [3.8, 4) is 11.5 Å². The zero-order valence-electron chi connectivity index (χ0n) is 13.9. The number of rotatable bonds is 8. The number of aromatic nitrogens is 2. The summed E-state index contributed by atoms with van der Waals surface area (Å²) in [5.41, 5.74) is -0.199. The third kappa shape index (κ3) is 4.90. The Balaban J connectivity index is 1.86. The van der Waals surface area contributed by atoms with E-state index in [0.717, 1.165) is 0 Å². The van der Waals surface area contributed by atoms with E-state index < -0.39 is 10.9 Å². The van der Waals surface area contributed by atoms with Crippen molar-refractivity contribution in [2.24, 2.45) is 0 Å². The average molecular weight is 351 g/mol. The maximum absolute atomic E-state index is 11.7. The van der Waals surface area contributed by atoms with Gasteiger partial charge in [0.05, 0.1) is 12.0 Å². The molecule has 0 atom stereocenters. The SMILES string of the molecule is COc1cc(OCC(=O)OCc2noc(C(C)C)n2)ccc1[N+](=O)[O-]. The Kier molecular flexibility index (Phi) is 5.88. The van der Waals surface area contributed by atoms with Gasteiger partial charge in [-0.15, -0.1) is 0 Å². The molecule has 0 amide bonds. The molecule has 134 valence electrons. The van der Waals surface area contributed by atoms with Crippen LogP contribution in [0.15, 0.2) is 22.7 Å². The minimum atomic E-state index is -0.645. The van der Waals surface area contributed by atoms with E-state index in [1.54, 1.807) is 0 Å². The number of carbonyl (C=O) groups excluding carboxylic acids is 1. The molecule has 1 aromatic heterocycles. The van der Waals surface area contributed by atoms with Crippen LogP contribution in [0.5, 0.6) is 11.5 Å². The summed E-state index contributed by atoms with van der Waals surface area (Å²) in [6, 6.07) is 3.91. The van der Waals surface area contributed by atoms with Crippen LogP contribution >= 0.6 is 0 Å². The van der Waals surface area contributed by atoms with Gasteiger partial charge in [-0.3, -0.25) is 10.1 Å². The lowest BCUT2D eigenvalue weighted by Gasteiger charge is -2.07. The van der Waals surface area contributed by atoms with Gasteiger partial charge in [0.1, 0.15) is 5.75 Å². The fraction of sp³-hybridized carbons (Fsp3) is 0.400. The molecular formula is C15H17N3O7. The predicted octanol–water partition coefficient (Wildman–Crippen LogP) is 2.23. The summed E-state index contributed by atoms with van der Waals surface area (Å²) in [5, 5.41) is 14.5. The van der Waals surface area contributed by atoms with Gasteiger partial charge in [-0.2, -0.15) is 4.98 Å². The van der Waals surface area contributed by atoms with E-state index in [1.807, 2.05) is 13.8 Å². The molecule has 0 aliphatic heterocycles. The fourth-order valence-electron chi connectivity index (χ4n) is 1.79. The number of esters is 1. The van der Waals surface area contributed by atoms with Gasteiger partial charge in [-0.1, -0.05) is 19.0 Å². The third-order valence-corrected chi connectivity index (χ3v) is 3.04. The average Bonchev–Trinajstić information content (AvgIpc) is 3.07. The van der Waals surface area contributed by atoms with Gasteiger partial charge in [0.25, 0.3) is 0 Å². The van der Waals surface area contributed by atoms with Crippen molar-refractivity contribution >= 4 is 11.7 Å². The van der Waals surface area contributed by atoms with E-state index in [9.17, 15) is 14.9 Å². The molecule has 0 radical (unpaired) electrons. The van der Waals surface area contributed by atoms with Crippen LogP contribution in [0.25, 0.3) is 0 Å². The highest BCUT2D eigenvalue weighted by Crippen LogP contribution is 2.30. The first-order chi connectivity index (χ1) is 11.9. The van der Waals surface area contributed by atoms with E-state index in [4.69, 9.17) is 18.7 Å². The number of hydrogen-bond donors (Lipinski definition) is 0. The van der Waals surface area contributed by atoms with Gasteiger partial charge in [0, 0.05) is 18.1 Å². The maximum atomic E-state index is 11.7. The molecular weight excluding hydrogens is 334 g/mol. The molecule has 25 heavy (non-hydrogen) atoms. The lowest BCUT2D eigenvalue weighted by Crippen LogP contribution is -2.15. The molecule has 0 aliphatic carbocycles. The molecule has 0 spiro atoms. The summed E-state index contributed by atoms with van der Waals surface area (Å²) in [6.07, 6.45) is 0. The van der Waals surface area contributed by atoms with Gasteiger partial charge in [-0.05, 0) is 6.07 Å². The van der Waals surface area contributed by atoms with Crippen molar-refractivity contribution < 1.29 is 28.5 Å². The first kappa shape index (κ1) is 18.2. The summed E-state index contributed by atoms with van der Waals surface area (Å²) >= 11 is 0. The zero-order chi connectivity index (χ0) is 18.4. The van der Waals surface area contributed by atoms with Crippen molar-refractivity contribution in [3.05, 3.63) is 40.0 Å². The van der Waals surface area contributed by atoms with Gasteiger partial charge >= 0.3 is 11.7 Å². The summed E-state index contributed by atoms with van der Waals surface area (Å²) < 4.78 is 20.1. The van der Waals surface area contributed by atoms with E-state index >= 15 is 0 Å². The lowest BCUT2D eigenvalue weighted by atomic mass is 10.2. The first-order valence-corrected chi connectivity index (χ1v) is 7.34. The monoisotopic (exact) mass is 351 g/mol. The smallest absolute Gasteiger partial charge is 0.344 e. The number of nitro benzene ring substituents is 1. The number of nitro groups is 1.